The molecule has 3 aromatic rings. The van der Waals surface area contributed by atoms with Gasteiger partial charge in [0.2, 0.25) is 15.0 Å². The number of hydrogen-bond donors (Lipinski definition) is 0. The molecule has 0 aliphatic heterocycles. The lowest BCUT2D eigenvalue weighted by molar-refractivity contribution is 0.0726. The summed E-state index contributed by atoms with van der Waals surface area (Å²) in [6.07, 6.45) is 0.997. The molecule has 0 fully saturated rings. The van der Waals surface area contributed by atoms with Gasteiger partial charge in [-0.3, -0.25) is 0 Å². The summed E-state index contributed by atoms with van der Waals surface area (Å²) in [6.45, 7) is 1.74. The third-order valence-corrected chi connectivity index (χ3v) is 5.51. The first-order valence-electron chi connectivity index (χ1n) is 8.04. The van der Waals surface area contributed by atoms with Crippen LogP contribution in [0.1, 0.15) is 21.6 Å². The van der Waals surface area contributed by atoms with Crippen LogP contribution in [0.25, 0.3) is 0 Å². The van der Waals surface area contributed by atoms with E-state index in [-0.39, 0.29) is 16.3 Å². The van der Waals surface area contributed by atoms with E-state index in [1.54, 1.807) is 31.2 Å². The largest absolute Gasteiger partial charge is 0.421 e. The molecule has 0 aliphatic rings. The smallest absolute Gasteiger partial charge is 0.364 e. The van der Waals surface area contributed by atoms with E-state index in [4.69, 9.17) is 16.3 Å². The molecule has 0 aliphatic carbocycles. The Morgan fingerprint density at radius 1 is 1.14 bits per heavy atom. The highest BCUT2D eigenvalue weighted by Crippen LogP contribution is 2.22. The lowest BCUT2D eigenvalue weighted by Gasteiger charge is -2.09. The number of sulfone groups is 1. The number of carbonyl (C=O) groups excluding carboxylic acids is 1. The van der Waals surface area contributed by atoms with Crippen LogP contribution in [-0.4, -0.2) is 24.4 Å². The fourth-order valence-corrected chi connectivity index (χ4v) is 3.73. The van der Waals surface area contributed by atoms with Crippen LogP contribution in [0.15, 0.2) is 59.9 Å². The summed E-state index contributed by atoms with van der Waals surface area (Å²) in [7, 11) is -4.12. The monoisotopic (exact) mass is 420 g/mol. The molecule has 6 nitrogen and oxygen atoms in total. The van der Waals surface area contributed by atoms with Gasteiger partial charge < -0.3 is 4.74 Å². The number of aryl methyl sites for hydroxylation is 1. The maximum Gasteiger partial charge on any atom is 0.364 e. The standard InChI is InChI=1S/C19H14ClFN2O4S/c1-12-6-2-5-9-16(12)27-18(24)17-14(20)10-22-19(23-17)28(25,26)11-13-7-3-4-8-15(13)21/h2-10H,11H2,1H3. The maximum atomic E-state index is 13.8. The molecule has 0 saturated heterocycles. The van der Waals surface area contributed by atoms with Crippen LogP contribution in [0.3, 0.4) is 0 Å². The van der Waals surface area contributed by atoms with Crippen molar-refractivity contribution in [1.82, 2.24) is 9.97 Å². The van der Waals surface area contributed by atoms with Gasteiger partial charge in [0.1, 0.15) is 11.6 Å². The number of aromatic nitrogens is 2. The van der Waals surface area contributed by atoms with Crippen LogP contribution in [0.2, 0.25) is 5.02 Å². The van der Waals surface area contributed by atoms with E-state index < -0.39 is 38.2 Å². The number of hydrogen-bond acceptors (Lipinski definition) is 6. The van der Waals surface area contributed by atoms with Crippen molar-refractivity contribution < 1.29 is 22.3 Å². The molecule has 0 spiro atoms. The molecule has 28 heavy (non-hydrogen) atoms. The Hall–Kier alpha value is -2.84. The molecular weight excluding hydrogens is 407 g/mol. The molecule has 0 N–H and O–H groups in total. The third-order valence-electron chi connectivity index (χ3n) is 3.79. The number of benzene rings is 2. The predicted molar refractivity (Wildman–Crippen MR) is 100 cm³/mol. The highest BCUT2D eigenvalue weighted by atomic mass is 35.5. The van der Waals surface area contributed by atoms with Gasteiger partial charge in [0.25, 0.3) is 0 Å². The first-order chi connectivity index (χ1) is 13.3. The van der Waals surface area contributed by atoms with E-state index in [1.807, 2.05) is 0 Å². The van der Waals surface area contributed by atoms with Crippen LogP contribution < -0.4 is 4.74 Å². The lowest BCUT2D eigenvalue weighted by Crippen LogP contribution is -2.17. The molecular formula is C19H14ClFN2O4S. The third kappa shape index (κ3) is 4.35. The van der Waals surface area contributed by atoms with Crippen LogP contribution in [0, 0.1) is 12.7 Å². The molecule has 0 saturated carbocycles. The highest BCUT2D eigenvalue weighted by molar-refractivity contribution is 7.90. The van der Waals surface area contributed by atoms with E-state index in [1.165, 1.54) is 18.2 Å². The molecule has 0 atom stereocenters. The van der Waals surface area contributed by atoms with Crippen LogP contribution in [0.4, 0.5) is 4.39 Å². The van der Waals surface area contributed by atoms with E-state index in [0.29, 0.717) is 5.56 Å². The molecule has 1 aromatic heterocycles. The number of rotatable bonds is 5. The second kappa shape index (κ2) is 8.04. The number of para-hydroxylation sites is 1. The van der Waals surface area contributed by atoms with Gasteiger partial charge in [-0.15, -0.1) is 0 Å². The Labute approximate surface area is 165 Å². The van der Waals surface area contributed by atoms with Crippen LogP contribution >= 0.6 is 11.6 Å². The summed E-state index contributed by atoms with van der Waals surface area (Å²) in [6, 6.07) is 12.2. The Balaban J connectivity index is 1.91. The van der Waals surface area contributed by atoms with Crippen molar-refractivity contribution >= 4 is 27.4 Å². The number of carbonyl (C=O) groups is 1. The zero-order chi connectivity index (χ0) is 20.3. The van der Waals surface area contributed by atoms with Crippen LogP contribution in [-0.2, 0) is 15.6 Å². The van der Waals surface area contributed by atoms with Crippen molar-refractivity contribution in [1.29, 1.82) is 0 Å². The number of esters is 1. The van der Waals surface area contributed by atoms with Crippen molar-refractivity contribution in [2.75, 3.05) is 0 Å². The van der Waals surface area contributed by atoms with Crippen molar-refractivity contribution in [3.05, 3.63) is 82.4 Å². The Bertz CT molecular complexity index is 1150. The SMILES string of the molecule is Cc1ccccc1OC(=O)c1nc(S(=O)(=O)Cc2ccccc2F)ncc1Cl. The molecule has 144 valence electrons. The first kappa shape index (κ1) is 19.9. The molecule has 2 aromatic carbocycles. The average molecular weight is 421 g/mol. The minimum atomic E-state index is -4.12. The van der Waals surface area contributed by atoms with E-state index in [0.717, 1.165) is 12.3 Å². The van der Waals surface area contributed by atoms with Gasteiger partial charge in [-0.05, 0) is 24.6 Å². The minimum Gasteiger partial charge on any atom is -0.421 e. The summed E-state index contributed by atoms with van der Waals surface area (Å²) in [5.74, 6) is -1.96. The summed E-state index contributed by atoms with van der Waals surface area (Å²) in [5.41, 5.74) is 0.269. The fraction of sp³-hybridized carbons (Fsp3) is 0.105. The molecule has 1 heterocycles. The number of halogens is 2. The molecule has 0 bridgehead atoms. The number of nitrogens with zero attached hydrogens (tertiary/aromatic N) is 2. The summed E-state index contributed by atoms with van der Waals surface area (Å²) < 4.78 is 44.2. The Morgan fingerprint density at radius 3 is 2.54 bits per heavy atom. The summed E-state index contributed by atoms with van der Waals surface area (Å²) in [5, 5.41) is -0.805. The summed E-state index contributed by atoms with van der Waals surface area (Å²) in [4.78, 5) is 19.9. The number of ether oxygens (including phenoxy) is 1. The van der Waals surface area contributed by atoms with Crippen molar-refractivity contribution in [2.45, 2.75) is 17.8 Å². The predicted octanol–water partition coefficient (Wildman–Crippen LogP) is 3.77. The van der Waals surface area contributed by atoms with Crippen molar-refractivity contribution in [3.63, 3.8) is 0 Å². The quantitative estimate of drug-likeness (QED) is 0.355. The molecule has 3 rings (SSSR count). The highest BCUT2D eigenvalue weighted by Gasteiger charge is 2.25. The van der Waals surface area contributed by atoms with Gasteiger partial charge in [-0.25, -0.2) is 27.6 Å². The minimum absolute atomic E-state index is 0.0370. The average Bonchev–Trinajstić information content (AvgIpc) is 2.65. The van der Waals surface area contributed by atoms with E-state index >= 15 is 0 Å². The second-order valence-corrected chi connectivity index (χ2v) is 8.15. The normalized spacial score (nSPS) is 11.2. The Morgan fingerprint density at radius 2 is 1.82 bits per heavy atom. The maximum absolute atomic E-state index is 13.8. The van der Waals surface area contributed by atoms with Gasteiger partial charge >= 0.3 is 5.97 Å². The zero-order valence-electron chi connectivity index (χ0n) is 14.6. The van der Waals surface area contributed by atoms with Crippen LogP contribution in [0.5, 0.6) is 5.75 Å². The van der Waals surface area contributed by atoms with Gasteiger partial charge in [-0.1, -0.05) is 48.0 Å². The molecule has 9 heteroatoms. The summed E-state index contributed by atoms with van der Waals surface area (Å²) >= 11 is 5.95. The van der Waals surface area contributed by atoms with E-state index in [9.17, 15) is 17.6 Å². The second-order valence-electron chi connectivity index (χ2n) is 5.85. The fourth-order valence-electron chi connectivity index (χ4n) is 2.35. The molecule has 0 radical (unpaired) electrons. The lowest BCUT2D eigenvalue weighted by atomic mass is 10.2. The zero-order valence-corrected chi connectivity index (χ0v) is 16.2. The van der Waals surface area contributed by atoms with Gasteiger partial charge in [0, 0.05) is 5.56 Å². The van der Waals surface area contributed by atoms with Crippen molar-refractivity contribution in [2.24, 2.45) is 0 Å². The van der Waals surface area contributed by atoms with Gasteiger partial charge in [0.15, 0.2) is 5.69 Å². The Kier molecular flexibility index (Phi) is 5.71. The topological polar surface area (TPSA) is 86.2 Å². The van der Waals surface area contributed by atoms with Gasteiger partial charge in [-0.2, -0.15) is 0 Å². The van der Waals surface area contributed by atoms with Gasteiger partial charge in [0.05, 0.1) is 17.0 Å². The van der Waals surface area contributed by atoms with E-state index in [2.05, 4.69) is 9.97 Å². The van der Waals surface area contributed by atoms with Crippen molar-refractivity contribution in [3.8, 4) is 5.75 Å². The molecule has 0 amide bonds. The molecule has 0 unspecified atom stereocenters. The first-order valence-corrected chi connectivity index (χ1v) is 10.1.